The van der Waals surface area contributed by atoms with Gasteiger partial charge in [0.1, 0.15) is 0 Å². The van der Waals surface area contributed by atoms with Gasteiger partial charge in [-0.25, -0.2) is 0 Å². The van der Waals surface area contributed by atoms with Crippen LogP contribution in [-0.4, -0.2) is 12.6 Å². The zero-order valence-electron chi connectivity index (χ0n) is 30.1. The molecule has 5 rings (SSSR count). The molecule has 2 unspecified atom stereocenters. The van der Waals surface area contributed by atoms with Crippen molar-refractivity contribution in [2.24, 2.45) is 11.3 Å². The molecule has 6 heteroatoms. The van der Waals surface area contributed by atoms with Crippen molar-refractivity contribution in [3.63, 3.8) is 0 Å². The summed E-state index contributed by atoms with van der Waals surface area (Å²) >= 11 is 0. The second-order valence-electron chi connectivity index (χ2n) is 15.0. The highest BCUT2D eigenvalue weighted by Gasteiger charge is 2.41. The fraction of sp³-hybridized carbons (Fsp3) is 0.415. The Morgan fingerprint density at radius 3 is 1.32 bits per heavy atom. The Kier molecular flexibility index (Phi) is 10.3. The average molecular weight is 669 g/mol. The normalized spacial score (nSPS) is 18.3. The van der Waals surface area contributed by atoms with Crippen LogP contribution in [0, 0.1) is 66.7 Å². The third-order valence-electron chi connectivity index (χ3n) is 10.9. The van der Waals surface area contributed by atoms with Crippen LogP contribution >= 0.6 is 14.6 Å². The van der Waals surface area contributed by atoms with Gasteiger partial charge in [0, 0.05) is 33.8 Å². The quantitative estimate of drug-likeness (QED) is 0.175. The lowest BCUT2D eigenvalue weighted by Gasteiger charge is -2.42. The van der Waals surface area contributed by atoms with E-state index in [1.165, 1.54) is 0 Å². The molecule has 2 atom stereocenters. The third-order valence-corrected chi connectivity index (χ3v) is 16.9. The Balaban J connectivity index is 1.51. The summed E-state index contributed by atoms with van der Waals surface area (Å²) in [6.45, 7) is 22.0. The topological polar surface area (TPSA) is 58.2 Å². The summed E-state index contributed by atoms with van der Waals surface area (Å²) in [5.74, 6) is 0.255. The van der Waals surface area contributed by atoms with E-state index < -0.39 is 14.6 Å². The summed E-state index contributed by atoms with van der Waals surface area (Å²) in [7, 11) is -6.37. The second-order valence-corrected chi connectivity index (χ2v) is 19.9. The van der Waals surface area contributed by atoms with Gasteiger partial charge in [-0.05, 0) is 155 Å². The van der Waals surface area contributed by atoms with Gasteiger partial charge in [0.2, 0.25) is 14.6 Å². The third kappa shape index (κ3) is 7.04. The van der Waals surface area contributed by atoms with E-state index in [0.717, 1.165) is 85.0 Å². The Labute approximate surface area is 284 Å². The van der Waals surface area contributed by atoms with Crippen molar-refractivity contribution >= 4 is 35.8 Å². The lowest BCUT2D eigenvalue weighted by atomic mass is 9.70. The molecule has 47 heavy (non-hydrogen) atoms. The molecule has 0 saturated heterocycles. The molecule has 0 aliphatic heterocycles. The maximum atomic E-state index is 15.6. The van der Waals surface area contributed by atoms with Crippen LogP contribution in [0.5, 0.6) is 0 Å². The zero-order valence-corrected chi connectivity index (χ0v) is 31.9. The van der Waals surface area contributed by atoms with Gasteiger partial charge in [0.15, 0.2) is 0 Å². The molecule has 0 heterocycles. The van der Waals surface area contributed by atoms with E-state index in [9.17, 15) is 0 Å². The van der Waals surface area contributed by atoms with Crippen molar-refractivity contribution in [3.05, 3.63) is 117 Å². The van der Waals surface area contributed by atoms with Crippen LogP contribution in [0.1, 0.15) is 77.6 Å². The van der Waals surface area contributed by atoms with Crippen LogP contribution < -0.4 is 31.4 Å². The largest absolute Gasteiger partial charge is 0.297 e. The molecule has 1 aliphatic rings. The molecule has 4 nitrogen and oxygen atoms in total. The average Bonchev–Trinajstić information content (AvgIpc) is 3.00. The van der Waals surface area contributed by atoms with E-state index >= 15 is 9.13 Å². The molecule has 0 radical (unpaired) electrons. The molecule has 0 aromatic heterocycles. The highest BCUT2D eigenvalue weighted by Crippen LogP contribution is 2.48. The molecular weight excluding hydrogens is 614 g/mol. The predicted molar refractivity (Wildman–Crippen MR) is 203 cm³/mol. The van der Waals surface area contributed by atoms with Crippen molar-refractivity contribution in [2.45, 2.75) is 94.5 Å². The highest BCUT2D eigenvalue weighted by atomic mass is 31.2. The van der Waals surface area contributed by atoms with Gasteiger partial charge >= 0.3 is 0 Å². The van der Waals surface area contributed by atoms with Gasteiger partial charge in [-0.3, -0.25) is 19.3 Å². The van der Waals surface area contributed by atoms with E-state index in [-0.39, 0.29) is 17.4 Å². The second kappa shape index (κ2) is 13.6. The molecular formula is C41H54N2O2P2. The number of hydrogen-bond acceptors (Lipinski definition) is 2. The summed E-state index contributed by atoms with van der Waals surface area (Å²) in [5.41, 5.74) is 8.94. The Morgan fingerprint density at radius 2 is 0.936 bits per heavy atom. The predicted octanol–water partition coefficient (Wildman–Crippen LogP) is 8.69. The van der Waals surface area contributed by atoms with Crippen molar-refractivity contribution < 1.29 is 9.13 Å². The fourth-order valence-corrected chi connectivity index (χ4v) is 13.9. The van der Waals surface area contributed by atoms with Gasteiger partial charge < -0.3 is 0 Å². The van der Waals surface area contributed by atoms with Gasteiger partial charge in [-0.15, -0.1) is 0 Å². The van der Waals surface area contributed by atoms with E-state index in [4.69, 9.17) is 0 Å². The first kappa shape index (κ1) is 35.6. The Hall–Kier alpha value is -2.74. The highest BCUT2D eigenvalue weighted by molar-refractivity contribution is 7.77. The van der Waals surface area contributed by atoms with Crippen LogP contribution in [0.15, 0.2) is 72.8 Å². The number of nitrogens with one attached hydrogen (secondary N) is 2. The Bertz CT molecular complexity index is 1780. The first-order chi connectivity index (χ1) is 22.1. The first-order valence-corrected chi connectivity index (χ1v) is 20.5. The molecule has 1 saturated carbocycles. The van der Waals surface area contributed by atoms with Crippen LogP contribution in [0.3, 0.4) is 0 Å². The van der Waals surface area contributed by atoms with Crippen LogP contribution in [0.25, 0.3) is 0 Å². The van der Waals surface area contributed by atoms with E-state index in [2.05, 4.69) is 116 Å². The minimum absolute atomic E-state index is 0.0267. The summed E-state index contributed by atoms with van der Waals surface area (Å²) in [6, 6.07) is 24.7. The fourth-order valence-electron chi connectivity index (χ4n) is 7.75. The minimum Gasteiger partial charge on any atom is -0.297 e. The van der Waals surface area contributed by atoms with Crippen LogP contribution in [0.4, 0.5) is 0 Å². The number of benzene rings is 4. The standard InChI is InChI=1S/C41H54N2O2P2/c1-27-15-11-19-37(31(27)5)46(44,38-20-12-16-28(2)32(38)6)42-26-35-23-36(25-41(9,10)24-35)43-47(45,39-21-13-17-29(3)33(39)7)40-22-14-18-30(4)34(40)8/h11-22,35-36H,23-26H2,1-10H3,(H,42,44)(H,43,45). The molecule has 4 aromatic carbocycles. The van der Waals surface area contributed by atoms with Gasteiger partial charge in [-0.2, -0.15) is 0 Å². The maximum absolute atomic E-state index is 15.6. The zero-order chi connectivity index (χ0) is 34.3. The molecule has 2 N–H and O–H groups in total. The Morgan fingerprint density at radius 1 is 0.574 bits per heavy atom. The van der Waals surface area contributed by atoms with Crippen molar-refractivity contribution in [2.75, 3.05) is 6.54 Å². The summed E-state index contributed by atoms with van der Waals surface area (Å²) in [5, 5.41) is 11.1. The number of aryl methyl sites for hydroxylation is 4. The van der Waals surface area contributed by atoms with E-state index in [0.29, 0.717) is 6.54 Å². The number of rotatable bonds is 9. The summed E-state index contributed by atoms with van der Waals surface area (Å²) in [6.07, 6.45) is 2.79. The van der Waals surface area contributed by atoms with Gasteiger partial charge in [-0.1, -0.05) is 62.4 Å². The molecule has 1 aliphatic carbocycles. The van der Waals surface area contributed by atoms with E-state index in [1.54, 1.807) is 0 Å². The molecule has 250 valence electrons. The number of hydrogen-bond donors (Lipinski definition) is 2. The van der Waals surface area contributed by atoms with Crippen molar-refractivity contribution in [1.82, 2.24) is 10.2 Å². The molecule has 0 bridgehead atoms. The molecule has 0 spiro atoms. The first-order valence-electron chi connectivity index (χ1n) is 17.1. The van der Waals surface area contributed by atoms with Crippen molar-refractivity contribution in [1.29, 1.82) is 0 Å². The van der Waals surface area contributed by atoms with Gasteiger partial charge in [0.25, 0.3) is 0 Å². The minimum atomic E-state index is -3.20. The summed E-state index contributed by atoms with van der Waals surface area (Å²) < 4.78 is 31.0. The molecule has 0 amide bonds. The molecule has 4 aromatic rings. The monoisotopic (exact) mass is 668 g/mol. The lowest BCUT2D eigenvalue weighted by molar-refractivity contribution is 0.154. The molecule has 1 fully saturated rings. The van der Waals surface area contributed by atoms with Crippen LogP contribution in [0.2, 0.25) is 0 Å². The smallest absolute Gasteiger partial charge is 0.205 e. The van der Waals surface area contributed by atoms with Crippen molar-refractivity contribution in [3.8, 4) is 0 Å². The lowest BCUT2D eigenvalue weighted by Crippen LogP contribution is -2.45. The van der Waals surface area contributed by atoms with E-state index in [1.807, 2.05) is 36.4 Å². The maximum Gasteiger partial charge on any atom is 0.205 e. The summed E-state index contributed by atoms with van der Waals surface area (Å²) in [4.78, 5) is 0. The van der Waals surface area contributed by atoms with Gasteiger partial charge in [0.05, 0.1) is 0 Å². The van der Waals surface area contributed by atoms with Crippen LogP contribution in [-0.2, 0) is 9.13 Å². The SMILES string of the molecule is Cc1cccc(P(=O)(NCC2CC(NP(=O)(c3cccc(C)c3C)c3cccc(C)c3C)CC(C)(C)C2)c2cccc(C)c2C)c1C.